The lowest BCUT2D eigenvalue weighted by Crippen LogP contribution is -2.39. The largest absolute Gasteiger partial charge is 0.406 e. The number of hydrogen-bond donors (Lipinski definition) is 1. The first-order chi connectivity index (χ1) is 9.90. The Balaban J connectivity index is 2.20. The molecule has 3 nitrogen and oxygen atoms in total. The van der Waals surface area contributed by atoms with Gasteiger partial charge < -0.3 is 10.2 Å². The molecule has 21 heavy (non-hydrogen) atoms. The molecule has 2 rings (SSSR count). The summed E-state index contributed by atoms with van der Waals surface area (Å²) < 4.78 is 37.7. The number of fused-ring (bicyclic) bond motifs is 1. The highest BCUT2D eigenvalue weighted by atomic mass is 19.4. The number of nitrogens with one attached hydrogen (secondary N) is 1. The molecule has 1 N–H and O–H groups in total. The van der Waals surface area contributed by atoms with Crippen LogP contribution in [0.15, 0.2) is 18.2 Å². The molecule has 1 aromatic carbocycles. The maximum Gasteiger partial charge on any atom is 0.406 e. The van der Waals surface area contributed by atoms with E-state index in [2.05, 4.69) is 5.32 Å². The number of benzene rings is 1. The SMILES string of the molecule is CCCN(CC(F)(F)F)C(=O)c1ccc2c(c1)CCCN2. The summed E-state index contributed by atoms with van der Waals surface area (Å²) in [6.07, 6.45) is -2.07. The highest BCUT2D eigenvalue weighted by Gasteiger charge is 2.33. The smallest absolute Gasteiger partial charge is 0.385 e. The minimum atomic E-state index is -4.37. The van der Waals surface area contributed by atoms with Gasteiger partial charge in [-0.15, -0.1) is 0 Å². The fraction of sp³-hybridized carbons (Fsp3) is 0.533. The zero-order valence-electron chi connectivity index (χ0n) is 12.0. The van der Waals surface area contributed by atoms with Crippen molar-refractivity contribution in [2.75, 3.05) is 25.0 Å². The Morgan fingerprint density at radius 2 is 2.14 bits per heavy atom. The molecule has 1 heterocycles. The maximum atomic E-state index is 12.6. The van der Waals surface area contributed by atoms with E-state index in [4.69, 9.17) is 0 Å². The average Bonchev–Trinajstić information content (AvgIpc) is 2.44. The normalized spacial score (nSPS) is 14.3. The molecule has 0 bridgehead atoms. The predicted octanol–water partition coefficient (Wildman–Crippen LogP) is 3.46. The van der Waals surface area contributed by atoms with Crippen LogP contribution >= 0.6 is 0 Å². The van der Waals surface area contributed by atoms with Gasteiger partial charge in [0.15, 0.2) is 0 Å². The van der Waals surface area contributed by atoms with E-state index in [0.717, 1.165) is 35.5 Å². The molecule has 6 heteroatoms. The first kappa shape index (κ1) is 15.7. The third-order valence-electron chi connectivity index (χ3n) is 3.44. The molecule has 0 atom stereocenters. The highest BCUT2D eigenvalue weighted by Crippen LogP contribution is 2.24. The second-order valence-electron chi connectivity index (χ2n) is 5.24. The molecule has 0 unspecified atom stereocenters. The number of aryl methyl sites for hydroxylation is 1. The molecule has 0 fully saturated rings. The standard InChI is InChI=1S/C15H19F3N2O/c1-2-8-20(10-15(16,17)18)14(21)12-5-6-13-11(9-12)4-3-7-19-13/h5-6,9,19H,2-4,7-8,10H2,1H3. The summed E-state index contributed by atoms with van der Waals surface area (Å²) in [6.45, 7) is 1.55. The Bertz CT molecular complexity index is 514. The van der Waals surface area contributed by atoms with E-state index in [0.29, 0.717) is 12.0 Å². The molecule has 0 saturated heterocycles. The summed E-state index contributed by atoms with van der Waals surface area (Å²) in [5, 5.41) is 3.22. The number of nitrogens with zero attached hydrogens (tertiary/aromatic N) is 1. The van der Waals surface area contributed by atoms with Crippen molar-refractivity contribution in [2.24, 2.45) is 0 Å². The molecule has 1 amide bonds. The van der Waals surface area contributed by atoms with Crippen molar-refractivity contribution >= 4 is 11.6 Å². The second-order valence-corrected chi connectivity index (χ2v) is 5.24. The van der Waals surface area contributed by atoms with Crippen LogP contribution in [0.4, 0.5) is 18.9 Å². The van der Waals surface area contributed by atoms with Crippen molar-refractivity contribution < 1.29 is 18.0 Å². The van der Waals surface area contributed by atoms with Gasteiger partial charge in [0, 0.05) is 24.3 Å². The van der Waals surface area contributed by atoms with Crippen LogP contribution in [0.2, 0.25) is 0 Å². The lowest BCUT2D eigenvalue weighted by Gasteiger charge is -2.24. The van der Waals surface area contributed by atoms with Gasteiger partial charge >= 0.3 is 6.18 Å². The molecule has 0 spiro atoms. The van der Waals surface area contributed by atoms with Gasteiger partial charge in [-0.05, 0) is 43.0 Å². The maximum absolute atomic E-state index is 12.6. The molecule has 0 radical (unpaired) electrons. The number of rotatable bonds is 4. The number of carbonyl (C=O) groups is 1. The van der Waals surface area contributed by atoms with E-state index in [1.54, 1.807) is 25.1 Å². The van der Waals surface area contributed by atoms with Gasteiger partial charge in [-0.2, -0.15) is 13.2 Å². The van der Waals surface area contributed by atoms with Crippen molar-refractivity contribution in [3.8, 4) is 0 Å². The van der Waals surface area contributed by atoms with Gasteiger partial charge in [0.1, 0.15) is 6.54 Å². The fourth-order valence-corrected chi connectivity index (χ4v) is 2.53. The summed E-state index contributed by atoms with van der Waals surface area (Å²) in [4.78, 5) is 13.2. The molecule has 0 aromatic heterocycles. The zero-order valence-corrected chi connectivity index (χ0v) is 12.0. The number of hydrogen-bond acceptors (Lipinski definition) is 2. The summed E-state index contributed by atoms with van der Waals surface area (Å²) in [6, 6.07) is 5.08. The van der Waals surface area contributed by atoms with Gasteiger partial charge in [-0.3, -0.25) is 4.79 Å². The molecule has 1 aliphatic heterocycles. The molecule has 1 aliphatic rings. The van der Waals surface area contributed by atoms with Crippen LogP contribution in [0.3, 0.4) is 0 Å². The Labute approximate surface area is 122 Å². The van der Waals surface area contributed by atoms with Gasteiger partial charge in [0.25, 0.3) is 5.91 Å². The lowest BCUT2D eigenvalue weighted by atomic mass is 10.0. The van der Waals surface area contributed by atoms with E-state index in [1.807, 2.05) is 0 Å². The molecule has 1 aromatic rings. The van der Waals surface area contributed by atoms with E-state index in [9.17, 15) is 18.0 Å². The number of carbonyl (C=O) groups excluding carboxylic acids is 1. The Kier molecular flexibility index (Phi) is 4.75. The topological polar surface area (TPSA) is 32.3 Å². The fourth-order valence-electron chi connectivity index (χ4n) is 2.53. The van der Waals surface area contributed by atoms with Crippen LogP contribution in [0.25, 0.3) is 0 Å². The summed E-state index contributed by atoms with van der Waals surface area (Å²) in [5.41, 5.74) is 2.29. The van der Waals surface area contributed by atoms with Crippen LogP contribution < -0.4 is 5.32 Å². The highest BCUT2D eigenvalue weighted by molar-refractivity contribution is 5.95. The number of anilines is 1. The third kappa shape index (κ3) is 4.12. The summed E-state index contributed by atoms with van der Waals surface area (Å²) >= 11 is 0. The van der Waals surface area contributed by atoms with Crippen molar-refractivity contribution in [1.29, 1.82) is 0 Å². The number of alkyl halides is 3. The van der Waals surface area contributed by atoms with Gasteiger partial charge in [-0.25, -0.2) is 0 Å². The zero-order chi connectivity index (χ0) is 15.5. The van der Waals surface area contributed by atoms with Gasteiger partial charge in [0.05, 0.1) is 0 Å². The average molecular weight is 300 g/mol. The minimum absolute atomic E-state index is 0.105. The van der Waals surface area contributed by atoms with Crippen LogP contribution in [0.1, 0.15) is 35.7 Å². The van der Waals surface area contributed by atoms with Crippen molar-refractivity contribution in [2.45, 2.75) is 32.4 Å². The predicted molar refractivity (Wildman–Crippen MR) is 75.5 cm³/mol. The second kappa shape index (κ2) is 6.37. The van der Waals surface area contributed by atoms with Crippen LogP contribution in [0, 0.1) is 0 Å². The van der Waals surface area contributed by atoms with Crippen molar-refractivity contribution in [3.05, 3.63) is 29.3 Å². The van der Waals surface area contributed by atoms with E-state index in [-0.39, 0.29) is 6.54 Å². The molecule has 0 aliphatic carbocycles. The minimum Gasteiger partial charge on any atom is -0.385 e. The van der Waals surface area contributed by atoms with Gasteiger partial charge in [0.2, 0.25) is 0 Å². The van der Waals surface area contributed by atoms with Gasteiger partial charge in [-0.1, -0.05) is 6.92 Å². The van der Waals surface area contributed by atoms with E-state index >= 15 is 0 Å². The molecule has 116 valence electrons. The summed E-state index contributed by atoms with van der Waals surface area (Å²) in [7, 11) is 0. The van der Waals surface area contributed by atoms with E-state index in [1.165, 1.54) is 0 Å². The van der Waals surface area contributed by atoms with E-state index < -0.39 is 18.6 Å². The first-order valence-corrected chi connectivity index (χ1v) is 7.13. The van der Waals surface area contributed by atoms with Crippen molar-refractivity contribution in [1.82, 2.24) is 4.90 Å². The number of halogens is 3. The Morgan fingerprint density at radius 3 is 2.81 bits per heavy atom. The van der Waals surface area contributed by atoms with Crippen molar-refractivity contribution in [3.63, 3.8) is 0 Å². The summed E-state index contributed by atoms with van der Waals surface area (Å²) in [5.74, 6) is -0.553. The Hall–Kier alpha value is -1.72. The quantitative estimate of drug-likeness (QED) is 0.923. The van der Waals surface area contributed by atoms with Crippen LogP contribution in [-0.2, 0) is 6.42 Å². The molecular weight excluding hydrogens is 281 g/mol. The van der Waals surface area contributed by atoms with Crippen LogP contribution in [0.5, 0.6) is 0 Å². The lowest BCUT2D eigenvalue weighted by molar-refractivity contribution is -0.140. The monoisotopic (exact) mass is 300 g/mol. The number of amides is 1. The third-order valence-corrected chi connectivity index (χ3v) is 3.44. The first-order valence-electron chi connectivity index (χ1n) is 7.13. The Morgan fingerprint density at radius 1 is 1.38 bits per heavy atom. The molecule has 0 saturated carbocycles. The molecular formula is C15H19F3N2O. The van der Waals surface area contributed by atoms with Crippen LogP contribution in [-0.4, -0.2) is 36.6 Å².